The highest BCUT2D eigenvalue weighted by Crippen LogP contribution is 2.23. The van der Waals surface area contributed by atoms with Crippen molar-refractivity contribution in [2.45, 2.75) is 59.0 Å². The van der Waals surface area contributed by atoms with E-state index in [4.69, 9.17) is 4.74 Å². The van der Waals surface area contributed by atoms with Gasteiger partial charge in [0.05, 0.1) is 12.1 Å². The van der Waals surface area contributed by atoms with E-state index in [1.165, 1.54) is 18.1 Å². The van der Waals surface area contributed by atoms with E-state index in [1.807, 2.05) is 6.07 Å². The van der Waals surface area contributed by atoms with Crippen LogP contribution in [-0.2, 0) is 9.53 Å². The normalized spacial score (nSPS) is 11.9. The van der Waals surface area contributed by atoms with E-state index in [9.17, 15) is 14.4 Å². The first-order valence-corrected chi connectivity index (χ1v) is 10.2. The molecular weight excluding hydrogens is 374 g/mol. The summed E-state index contributed by atoms with van der Waals surface area (Å²) in [5.74, 6) is -0.260. The monoisotopic (exact) mass is 401 g/mol. The van der Waals surface area contributed by atoms with Gasteiger partial charge in [0.2, 0.25) is 5.78 Å². The average molecular weight is 402 g/mol. The van der Waals surface area contributed by atoms with E-state index in [-0.39, 0.29) is 18.0 Å². The fourth-order valence-corrected chi connectivity index (χ4v) is 4.02. The Balaban J connectivity index is 1.91. The number of aromatic amines is 1. The zero-order valence-corrected chi connectivity index (χ0v) is 18.1. The highest BCUT2D eigenvalue weighted by molar-refractivity contribution is 7.99. The minimum atomic E-state index is -0.907. The van der Waals surface area contributed by atoms with Crippen molar-refractivity contribution in [1.82, 2.24) is 4.98 Å². The molecule has 0 aliphatic rings. The summed E-state index contributed by atoms with van der Waals surface area (Å²) in [6.45, 7) is 10.6. The minimum absolute atomic E-state index is 0.0988. The van der Waals surface area contributed by atoms with Crippen LogP contribution in [0.15, 0.2) is 23.1 Å². The molecule has 1 N–H and O–H groups in total. The van der Waals surface area contributed by atoms with Crippen molar-refractivity contribution in [3.63, 3.8) is 0 Å². The maximum absolute atomic E-state index is 12.6. The van der Waals surface area contributed by atoms with Crippen LogP contribution < -0.4 is 0 Å². The fourth-order valence-electron chi connectivity index (χ4n) is 3.09. The number of thioether (sulfide) groups is 1. The zero-order chi connectivity index (χ0) is 21.0. The molecule has 6 heteroatoms. The summed E-state index contributed by atoms with van der Waals surface area (Å²) in [5, 5.41) is 0. The van der Waals surface area contributed by atoms with Crippen molar-refractivity contribution in [3.05, 3.63) is 51.8 Å². The van der Waals surface area contributed by atoms with Gasteiger partial charge in [-0.1, -0.05) is 6.07 Å². The number of nitrogens with one attached hydrogen (secondary N) is 1. The van der Waals surface area contributed by atoms with Gasteiger partial charge in [0.1, 0.15) is 0 Å². The number of hydrogen-bond acceptors (Lipinski definition) is 5. The lowest BCUT2D eigenvalue weighted by atomic mass is 10.0. The third-order valence-electron chi connectivity index (χ3n) is 4.77. The van der Waals surface area contributed by atoms with E-state index in [1.54, 1.807) is 32.5 Å². The first-order valence-electron chi connectivity index (χ1n) is 9.25. The first kappa shape index (κ1) is 22.0. The van der Waals surface area contributed by atoms with Gasteiger partial charge in [-0.05, 0) is 70.4 Å². The third-order valence-corrected chi connectivity index (χ3v) is 5.76. The lowest BCUT2D eigenvalue weighted by Gasteiger charge is -2.12. The number of aromatic nitrogens is 1. The van der Waals surface area contributed by atoms with Crippen molar-refractivity contribution in [2.24, 2.45) is 0 Å². The summed E-state index contributed by atoms with van der Waals surface area (Å²) in [5.41, 5.74) is 4.55. The molecule has 0 spiro atoms. The SMILES string of the molecule is CC(=O)c1c(C)[nH]c(C(=O)[C@@H](C)OC(=O)CCSc2ccc(C)c(C)c2)c1C. The van der Waals surface area contributed by atoms with Crippen LogP contribution in [0.1, 0.15) is 63.5 Å². The molecule has 0 saturated heterocycles. The molecule has 0 bridgehead atoms. The molecule has 1 aromatic heterocycles. The van der Waals surface area contributed by atoms with Gasteiger partial charge in [0, 0.05) is 21.9 Å². The maximum Gasteiger partial charge on any atom is 0.307 e. The second-order valence-corrected chi connectivity index (χ2v) is 8.19. The van der Waals surface area contributed by atoms with Crippen LogP contribution in [-0.4, -0.2) is 34.4 Å². The Morgan fingerprint density at radius 2 is 1.79 bits per heavy atom. The third kappa shape index (κ3) is 5.13. The lowest BCUT2D eigenvalue weighted by molar-refractivity contribution is -0.145. The molecule has 28 heavy (non-hydrogen) atoms. The lowest BCUT2D eigenvalue weighted by Crippen LogP contribution is -2.25. The number of esters is 1. The zero-order valence-electron chi connectivity index (χ0n) is 17.3. The Kier molecular flexibility index (Phi) is 7.24. The van der Waals surface area contributed by atoms with Gasteiger partial charge in [-0.15, -0.1) is 11.8 Å². The van der Waals surface area contributed by atoms with Gasteiger partial charge >= 0.3 is 5.97 Å². The fraction of sp³-hybridized carbons (Fsp3) is 0.409. The summed E-state index contributed by atoms with van der Waals surface area (Å²) in [6.07, 6.45) is -0.688. The molecule has 150 valence electrons. The molecule has 0 saturated carbocycles. The molecule has 2 rings (SSSR count). The van der Waals surface area contributed by atoms with Crippen molar-refractivity contribution in [1.29, 1.82) is 0 Å². The standard InChI is InChI=1S/C22H27NO4S/c1-12-7-8-18(11-13(12)2)28-10-9-19(25)27-17(6)22(26)21-14(3)20(16(5)24)15(4)23-21/h7-8,11,17,23H,9-10H2,1-6H3/t17-/m1/s1. The second-order valence-electron chi connectivity index (χ2n) is 7.02. The summed E-state index contributed by atoms with van der Waals surface area (Å²) in [7, 11) is 0. The minimum Gasteiger partial charge on any atom is -0.454 e. The van der Waals surface area contributed by atoms with Gasteiger partial charge < -0.3 is 9.72 Å². The van der Waals surface area contributed by atoms with Crippen molar-refractivity contribution in [3.8, 4) is 0 Å². The van der Waals surface area contributed by atoms with E-state index in [0.29, 0.717) is 28.3 Å². The van der Waals surface area contributed by atoms with Gasteiger partial charge in [0.15, 0.2) is 11.9 Å². The van der Waals surface area contributed by atoms with Gasteiger partial charge in [0.25, 0.3) is 0 Å². The molecular formula is C22H27NO4S. The smallest absolute Gasteiger partial charge is 0.307 e. The number of carbonyl (C=O) groups is 3. The van der Waals surface area contributed by atoms with Crippen LogP contribution in [0.5, 0.6) is 0 Å². The predicted molar refractivity (Wildman–Crippen MR) is 111 cm³/mol. The van der Waals surface area contributed by atoms with Crippen molar-refractivity contribution < 1.29 is 19.1 Å². The number of hydrogen-bond donors (Lipinski definition) is 1. The molecule has 0 aliphatic carbocycles. The van der Waals surface area contributed by atoms with Crippen LogP contribution in [0.3, 0.4) is 0 Å². The molecule has 0 radical (unpaired) electrons. The number of rotatable bonds is 8. The molecule has 0 aliphatic heterocycles. The number of ether oxygens (including phenoxy) is 1. The molecule has 1 heterocycles. The van der Waals surface area contributed by atoms with Gasteiger partial charge in [-0.25, -0.2) is 0 Å². The average Bonchev–Trinajstić information content (AvgIpc) is 2.91. The van der Waals surface area contributed by atoms with Crippen LogP contribution in [0.25, 0.3) is 0 Å². The Morgan fingerprint density at radius 3 is 2.36 bits per heavy atom. The highest BCUT2D eigenvalue weighted by atomic mass is 32.2. The Morgan fingerprint density at radius 1 is 1.11 bits per heavy atom. The largest absolute Gasteiger partial charge is 0.454 e. The van der Waals surface area contributed by atoms with E-state index < -0.39 is 12.1 Å². The van der Waals surface area contributed by atoms with Crippen LogP contribution in [0.2, 0.25) is 0 Å². The Labute approximate surface area is 170 Å². The Hall–Kier alpha value is -2.34. The molecule has 5 nitrogen and oxygen atoms in total. The number of H-pyrrole nitrogens is 1. The Bertz CT molecular complexity index is 914. The summed E-state index contributed by atoms with van der Waals surface area (Å²) >= 11 is 1.59. The second kappa shape index (κ2) is 9.24. The van der Waals surface area contributed by atoms with E-state index in [0.717, 1.165) is 4.90 Å². The topological polar surface area (TPSA) is 76.2 Å². The molecule has 0 amide bonds. The van der Waals surface area contributed by atoms with Crippen molar-refractivity contribution >= 4 is 29.3 Å². The number of Topliss-reactive ketones (excluding diaryl/α,β-unsaturated/α-hetero) is 2. The van der Waals surface area contributed by atoms with E-state index >= 15 is 0 Å². The summed E-state index contributed by atoms with van der Waals surface area (Å²) in [4.78, 5) is 40.5. The molecule has 0 unspecified atom stereocenters. The van der Waals surface area contributed by atoms with Gasteiger partial charge in [-0.3, -0.25) is 14.4 Å². The number of benzene rings is 1. The quantitative estimate of drug-likeness (QED) is 0.392. The van der Waals surface area contributed by atoms with Crippen LogP contribution in [0.4, 0.5) is 0 Å². The van der Waals surface area contributed by atoms with Crippen LogP contribution in [0, 0.1) is 27.7 Å². The predicted octanol–water partition coefficient (Wildman–Crippen LogP) is 4.75. The van der Waals surface area contributed by atoms with E-state index in [2.05, 4.69) is 31.0 Å². The number of aryl methyl sites for hydroxylation is 3. The number of carbonyl (C=O) groups excluding carboxylic acids is 3. The molecule has 2 aromatic rings. The molecule has 1 atom stereocenters. The first-order chi connectivity index (χ1) is 13.1. The van der Waals surface area contributed by atoms with Gasteiger partial charge in [-0.2, -0.15) is 0 Å². The summed E-state index contributed by atoms with van der Waals surface area (Å²) in [6, 6.07) is 6.20. The van der Waals surface area contributed by atoms with Crippen molar-refractivity contribution in [2.75, 3.05) is 5.75 Å². The molecule has 0 fully saturated rings. The van der Waals surface area contributed by atoms with Crippen LogP contribution >= 0.6 is 11.8 Å². The summed E-state index contributed by atoms with van der Waals surface area (Å²) < 4.78 is 5.31. The molecule has 1 aromatic carbocycles. The highest BCUT2D eigenvalue weighted by Gasteiger charge is 2.25. The maximum atomic E-state index is 12.6. The number of ketones is 2.